The van der Waals surface area contributed by atoms with E-state index in [1.165, 1.54) is 0 Å². The fourth-order valence-corrected chi connectivity index (χ4v) is 2.29. The summed E-state index contributed by atoms with van der Waals surface area (Å²) in [6.45, 7) is 5.26. The van der Waals surface area contributed by atoms with Crippen molar-refractivity contribution in [2.45, 2.75) is 32.7 Å². The lowest BCUT2D eigenvalue weighted by atomic mass is 10.1. The van der Waals surface area contributed by atoms with E-state index < -0.39 is 0 Å². The maximum Gasteiger partial charge on any atom is 0.251 e. The fourth-order valence-electron chi connectivity index (χ4n) is 2.29. The van der Waals surface area contributed by atoms with Crippen molar-refractivity contribution >= 4 is 17.5 Å². The minimum absolute atomic E-state index is 0.0290. The van der Waals surface area contributed by atoms with E-state index in [9.17, 15) is 9.59 Å². The average Bonchev–Trinajstić information content (AvgIpc) is 2.95. The molecule has 5 nitrogen and oxygen atoms in total. The standard InChI is InChI=1S/C15H21N3O2/c1-3-16-14(19)11-7-6-10(2)13(9-11)18-15(20)12-5-4-8-17-12/h6-7,9,12,17H,3-5,8H2,1-2H3,(H,16,19)(H,18,20). The SMILES string of the molecule is CCNC(=O)c1ccc(C)c(NC(=O)C2CCCN2)c1. The summed E-state index contributed by atoms with van der Waals surface area (Å²) in [4.78, 5) is 23.9. The van der Waals surface area contributed by atoms with E-state index in [2.05, 4.69) is 16.0 Å². The molecule has 3 N–H and O–H groups in total. The van der Waals surface area contributed by atoms with Crippen molar-refractivity contribution < 1.29 is 9.59 Å². The zero-order chi connectivity index (χ0) is 14.5. The van der Waals surface area contributed by atoms with Gasteiger partial charge in [-0.3, -0.25) is 9.59 Å². The summed E-state index contributed by atoms with van der Waals surface area (Å²) >= 11 is 0. The number of amides is 2. The molecule has 0 radical (unpaired) electrons. The van der Waals surface area contributed by atoms with Gasteiger partial charge >= 0.3 is 0 Å². The van der Waals surface area contributed by atoms with Crippen LogP contribution in [-0.4, -0.2) is 30.9 Å². The molecule has 1 saturated heterocycles. The van der Waals surface area contributed by atoms with Crippen LogP contribution in [0.15, 0.2) is 18.2 Å². The van der Waals surface area contributed by atoms with Crippen LogP contribution in [0.1, 0.15) is 35.7 Å². The van der Waals surface area contributed by atoms with Gasteiger partial charge in [0.1, 0.15) is 0 Å². The molecule has 1 fully saturated rings. The van der Waals surface area contributed by atoms with Gasteiger partial charge in [0.15, 0.2) is 0 Å². The summed E-state index contributed by atoms with van der Waals surface area (Å²) in [6.07, 6.45) is 1.89. The number of carbonyl (C=O) groups is 2. The Labute approximate surface area is 119 Å². The summed E-state index contributed by atoms with van der Waals surface area (Å²) in [5.74, 6) is -0.152. The van der Waals surface area contributed by atoms with Gasteiger partial charge in [-0.2, -0.15) is 0 Å². The van der Waals surface area contributed by atoms with Gasteiger partial charge in [0, 0.05) is 17.8 Å². The van der Waals surface area contributed by atoms with Crippen LogP contribution in [0.2, 0.25) is 0 Å². The van der Waals surface area contributed by atoms with Crippen molar-refractivity contribution in [3.05, 3.63) is 29.3 Å². The highest BCUT2D eigenvalue weighted by Crippen LogP contribution is 2.18. The minimum Gasteiger partial charge on any atom is -0.352 e. The molecule has 2 rings (SSSR count). The Morgan fingerprint density at radius 1 is 1.40 bits per heavy atom. The molecule has 5 heteroatoms. The molecule has 1 aromatic carbocycles. The number of carbonyl (C=O) groups excluding carboxylic acids is 2. The van der Waals surface area contributed by atoms with Gasteiger partial charge in [-0.05, 0) is 50.9 Å². The average molecular weight is 275 g/mol. The van der Waals surface area contributed by atoms with Gasteiger partial charge in [0.25, 0.3) is 5.91 Å². The van der Waals surface area contributed by atoms with Gasteiger partial charge in [0.05, 0.1) is 6.04 Å². The second-order valence-corrected chi connectivity index (χ2v) is 5.03. The molecule has 0 saturated carbocycles. The molecule has 0 spiro atoms. The second-order valence-electron chi connectivity index (χ2n) is 5.03. The second kappa shape index (κ2) is 6.52. The van der Waals surface area contributed by atoms with Crippen molar-refractivity contribution in [1.29, 1.82) is 0 Å². The summed E-state index contributed by atoms with van der Waals surface area (Å²) in [5.41, 5.74) is 2.21. The highest BCUT2D eigenvalue weighted by atomic mass is 16.2. The molecule has 0 aliphatic carbocycles. The molecule has 108 valence electrons. The predicted octanol–water partition coefficient (Wildman–Crippen LogP) is 1.44. The van der Waals surface area contributed by atoms with Gasteiger partial charge in [0.2, 0.25) is 5.91 Å². The highest BCUT2D eigenvalue weighted by Gasteiger charge is 2.22. The molecule has 0 aromatic heterocycles. The number of aryl methyl sites for hydroxylation is 1. The zero-order valence-electron chi connectivity index (χ0n) is 12.0. The molecule has 1 aromatic rings. The topological polar surface area (TPSA) is 70.2 Å². The Balaban J connectivity index is 2.11. The predicted molar refractivity (Wildman–Crippen MR) is 78.8 cm³/mol. The first-order valence-electron chi connectivity index (χ1n) is 7.05. The van der Waals surface area contributed by atoms with Crippen LogP contribution in [0.5, 0.6) is 0 Å². The summed E-state index contributed by atoms with van der Waals surface area (Å²) in [5, 5.41) is 8.82. The maximum atomic E-state index is 12.1. The van der Waals surface area contributed by atoms with Crippen LogP contribution >= 0.6 is 0 Å². The van der Waals surface area contributed by atoms with E-state index in [0.717, 1.165) is 24.9 Å². The number of hydrogen-bond acceptors (Lipinski definition) is 3. The monoisotopic (exact) mass is 275 g/mol. The lowest BCUT2D eigenvalue weighted by Gasteiger charge is -2.14. The fraction of sp³-hybridized carbons (Fsp3) is 0.467. The normalized spacial score (nSPS) is 17.8. The first-order chi connectivity index (χ1) is 9.61. The Morgan fingerprint density at radius 2 is 2.20 bits per heavy atom. The number of hydrogen-bond donors (Lipinski definition) is 3. The van der Waals surface area contributed by atoms with E-state index in [-0.39, 0.29) is 17.9 Å². The van der Waals surface area contributed by atoms with E-state index in [0.29, 0.717) is 17.8 Å². The molecule has 1 aliphatic heterocycles. The Hall–Kier alpha value is -1.88. The van der Waals surface area contributed by atoms with Crippen LogP contribution in [-0.2, 0) is 4.79 Å². The Kier molecular flexibility index (Phi) is 4.74. The van der Waals surface area contributed by atoms with E-state index in [1.54, 1.807) is 12.1 Å². The van der Waals surface area contributed by atoms with Gasteiger partial charge in [-0.25, -0.2) is 0 Å². The molecular formula is C15H21N3O2. The summed E-state index contributed by atoms with van der Waals surface area (Å²) in [6, 6.07) is 5.22. The lowest BCUT2D eigenvalue weighted by molar-refractivity contribution is -0.117. The molecule has 0 bridgehead atoms. The third kappa shape index (κ3) is 3.36. The summed E-state index contributed by atoms with van der Waals surface area (Å²) < 4.78 is 0. The molecular weight excluding hydrogens is 254 g/mol. The van der Waals surface area contributed by atoms with Crippen LogP contribution in [0, 0.1) is 6.92 Å². The van der Waals surface area contributed by atoms with Gasteiger partial charge in [-0.15, -0.1) is 0 Å². The Bertz CT molecular complexity index is 508. The number of anilines is 1. The molecule has 2 amide bonds. The van der Waals surface area contributed by atoms with E-state index in [1.807, 2.05) is 19.9 Å². The quantitative estimate of drug-likeness (QED) is 0.778. The molecule has 20 heavy (non-hydrogen) atoms. The first kappa shape index (κ1) is 14.5. The van der Waals surface area contributed by atoms with Crippen molar-refractivity contribution in [3.63, 3.8) is 0 Å². The van der Waals surface area contributed by atoms with Gasteiger partial charge in [-0.1, -0.05) is 6.07 Å². The van der Waals surface area contributed by atoms with Crippen LogP contribution < -0.4 is 16.0 Å². The molecule has 1 atom stereocenters. The van der Waals surface area contributed by atoms with Crippen molar-refractivity contribution in [1.82, 2.24) is 10.6 Å². The van der Waals surface area contributed by atoms with Crippen LogP contribution in [0.3, 0.4) is 0 Å². The lowest BCUT2D eigenvalue weighted by Crippen LogP contribution is -2.35. The largest absolute Gasteiger partial charge is 0.352 e. The van der Waals surface area contributed by atoms with Crippen molar-refractivity contribution in [2.24, 2.45) is 0 Å². The maximum absolute atomic E-state index is 12.1. The number of nitrogens with one attached hydrogen (secondary N) is 3. The third-order valence-electron chi connectivity index (χ3n) is 3.47. The zero-order valence-corrected chi connectivity index (χ0v) is 12.0. The number of benzene rings is 1. The highest BCUT2D eigenvalue weighted by molar-refractivity contribution is 5.99. The molecule has 1 unspecified atom stereocenters. The minimum atomic E-state index is -0.123. The third-order valence-corrected chi connectivity index (χ3v) is 3.47. The number of rotatable bonds is 4. The molecule has 1 aliphatic rings. The smallest absolute Gasteiger partial charge is 0.251 e. The first-order valence-corrected chi connectivity index (χ1v) is 7.05. The van der Waals surface area contributed by atoms with Crippen LogP contribution in [0.25, 0.3) is 0 Å². The Morgan fingerprint density at radius 3 is 2.85 bits per heavy atom. The van der Waals surface area contributed by atoms with Crippen LogP contribution in [0.4, 0.5) is 5.69 Å². The van der Waals surface area contributed by atoms with Gasteiger partial charge < -0.3 is 16.0 Å². The van der Waals surface area contributed by atoms with E-state index >= 15 is 0 Å². The summed E-state index contributed by atoms with van der Waals surface area (Å²) in [7, 11) is 0. The van der Waals surface area contributed by atoms with Crippen molar-refractivity contribution in [3.8, 4) is 0 Å². The van der Waals surface area contributed by atoms with E-state index in [4.69, 9.17) is 0 Å². The van der Waals surface area contributed by atoms with Crippen molar-refractivity contribution in [2.75, 3.05) is 18.4 Å². The molecule has 1 heterocycles.